The van der Waals surface area contributed by atoms with Crippen molar-refractivity contribution in [1.29, 1.82) is 5.41 Å². The van der Waals surface area contributed by atoms with Gasteiger partial charge in [0, 0.05) is 25.1 Å². The van der Waals surface area contributed by atoms with Gasteiger partial charge in [0.25, 0.3) is 0 Å². The zero-order valence-corrected chi connectivity index (χ0v) is 14.7. The molecule has 0 aromatic heterocycles. The van der Waals surface area contributed by atoms with Gasteiger partial charge in [0.2, 0.25) is 11.8 Å². The number of amidine groups is 1. The third-order valence-corrected chi connectivity index (χ3v) is 4.07. The fourth-order valence-corrected chi connectivity index (χ4v) is 2.80. The summed E-state index contributed by atoms with van der Waals surface area (Å²) in [7, 11) is 0. The Morgan fingerprint density at radius 2 is 2.00 bits per heavy atom. The molecule has 0 saturated carbocycles. The quantitative estimate of drug-likeness (QED) is 0.537. The third-order valence-electron chi connectivity index (χ3n) is 4.07. The number of carbonyl (C=O) groups is 2. The van der Waals surface area contributed by atoms with E-state index in [-0.39, 0.29) is 36.1 Å². The Morgan fingerprint density at radius 1 is 1.33 bits per heavy atom. The van der Waals surface area contributed by atoms with Gasteiger partial charge < -0.3 is 16.0 Å². The summed E-state index contributed by atoms with van der Waals surface area (Å²) in [5.74, 6) is -0.00446. The van der Waals surface area contributed by atoms with Gasteiger partial charge in [0.1, 0.15) is 11.9 Å². The number of amides is 2. The highest BCUT2D eigenvalue weighted by molar-refractivity contribution is 5.94. The normalized spacial score (nSPS) is 16.4. The van der Waals surface area contributed by atoms with Crippen LogP contribution in [0.25, 0.3) is 0 Å². The van der Waals surface area contributed by atoms with Crippen LogP contribution in [0, 0.1) is 5.41 Å². The third kappa shape index (κ3) is 4.96. The van der Waals surface area contributed by atoms with Crippen LogP contribution in [0.4, 0.5) is 0 Å². The van der Waals surface area contributed by atoms with Gasteiger partial charge in [-0.2, -0.15) is 0 Å². The van der Waals surface area contributed by atoms with Gasteiger partial charge in [0.15, 0.2) is 0 Å². The highest BCUT2D eigenvalue weighted by atomic mass is 35.5. The molecule has 1 aliphatic rings. The lowest BCUT2D eigenvalue weighted by Gasteiger charge is -2.24. The molecule has 2 amide bonds. The van der Waals surface area contributed by atoms with E-state index in [2.05, 4.69) is 5.32 Å². The van der Waals surface area contributed by atoms with E-state index in [1.54, 1.807) is 17.0 Å². The number of hydrogen-bond acceptors (Lipinski definition) is 3. The number of likely N-dealkylation sites (tertiary alicyclic amines) is 1. The summed E-state index contributed by atoms with van der Waals surface area (Å²) >= 11 is 0. The molecule has 1 aromatic rings. The Bertz CT molecular complexity index is 589. The summed E-state index contributed by atoms with van der Waals surface area (Å²) in [5.41, 5.74) is 7.01. The van der Waals surface area contributed by atoms with Crippen molar-refractivity contribution in [1.82, 2.24) is 10.2 Å². The van der Waals surface area contributed by atoms with Crippen LogP contribution in [0.1, 0.15) is 43.7 Å². The predicted molar refractivity (Wildman–Crippen MR) is 96.2 cm³/mol. The van der Waals surface area contributed by atoms with E-state index in [0.29, 0.717) is 25.1 Å². The predicted octanol–water partition coefficient (Wildman–Crippen LogP) is 1.80. The minimum absolute atomic E-state index is 0. The Morgan fingerprint density at radius 3 is 2.58 bits per heavy atom. The van der Waals surface area contributed by atoms with Crippen molar-refractivity contribution in [2.24, 2.45) is 5.73 Å². The minimum atomic E-state index is -0.342. The average molecular weight is 353 g/mol. The summed E-state index contributed by atoms with van der Waals surface area (Å²) in [6, 6.07) is 6.86. The van der Waals surface area contributed by atoms with Crippen molar-refractivity contribution >= 4 is 30.1 Å². The van der Waals surface area contributed by atoms with Crippen molar-refractivity contribution in [3.05, 3.63) is 35.4 Å². The van der Waals surface area contributed by atoms with Crippen molar-refractivity contribution in [2.75, 3.05) is 6.54 Å². The van der Waals surface area contributed by atoms with Crippen molar-refractivity contribution < 1.29 is 9.59 Å². The van der Waals surface area contributed by atoms with Crippen molar-refractivity contribution in [2.45, 2.75) is 45.2 Å². The Labute approximate surface area is 148 Å². The highest BCUT2D eigenvalue weighted by Gasteiger charge is 2.33. The largest absolute Gasteiger partial charge is 0.384 e. The van der Waals surface area contributed by atoms with Gasteiger partial charge in [-0.15, -0.1) is 12.4 Å². The molecule has 4 N–H and O–H groups in total. The van der Waals surface area contributed by atoms with E-state index < -0.39 is 0 Å². The molecular formula is C17H25ClN4O2. The highest BCUT2D eigenvalue weighted by Crippen LogP contribution is 2.19. The number of halogens is 1. The lowest BCUT2D eigenvalue weighted by molar-refractivity contribution is -0.138. The monoisotopic (exact) mass is 352 g/mol. The topological polar surface area (TPSA) is 99.3 Å². The maximum atomic E-state index is 12.4. The van der Waals surface area contributed by atoms with E-state index in [9.17, 15) is 9.59 Å². The Kier molecular flexibility index (Phi) is 7.71. The van der Waals surface area contributed by atoms with Gasteiger partial charge in [0.05, 0.1) is 0 Å². The summed E-state index contributed by atoms with van der Waals surface area (Å²) in [6.07, 6.45) is 2.90. The van der Waals surface area contributed by atoms with Gasteiger partial charge in [-0.05, 0) is 24.8 Å². The second-order valence-electron chi connectivity index (χ2n) is 5.82. The molecule has 1 fully saturated rings. The zero-order valence-electron chi connectivity index (χ0n) is 13.9. The first kappa shape index (κ1) is 20.0. The van der Waals surface area contributed by atoms with Crippen LogP contribution in [0.5, 0.6) is 0 Å². The molecule has 132 valence electrons. The second-order valence-corrected chi connectivity index (χ2v) is 5.82. The second kappa shape index (κ2) is 9.27. The minimum Gasteiger partial charge on any atom is -0.384 e. The Hall–Kier alpha value is -2.08. The van der Waals surface area contributed by atoms with Crippen LogP contribution in [0.2, 0.25) is 0 Å². The molecule has 6 nitrogen and oxygen atoms in total. The number of hydrogen-bond donors (Lipinski definition) is 3. The smallest absolute Gasteiger partial charge is 0.243 e. The molecule has 2 rings (SSSR count). The lowest BCUT2D eigenvalue weighted by atomic mass is 10.1. The van der Waals surface area contributed by atoms with Crippen LogP contribution in [0.3, 0.4) is 0 Å². The summed E-state index contributed by atoms with van der Waals surface area (Å²) < 4.78 is 0. The number of nitrogens with zero attached hydrogens (tertiary/aromatic N) is 1. The molecule has 0 bridgehead atoms. The molecule has 7 heteroatoms. The maximum absolute atomic E-state index is 12.4. The Balaban J connectivity index is 0.00000288. The molecule has 0 aliphatic carbocycles. The van der Waals surface area contributed by atoms with E-state index in [0.717, 1.165) is 24.8 Å². The van der Waals surface area contributed by atoms with Gasteiger partial charge >= 0.3 is 0 Å². The first-order valence-electron chi connectivity index (χ1n) is 8.03. The first-order valence-corrected chi connectivity index (χ1v) is 8.03. The van der Waals surface area contributed by atoms with Crippen LogP contribution in [-0.2, 0) is 16.1 Å². The molecule has 0 spiro atoms. The molecule has 0 unspecified atom stereocenters. The summed E-state index contributed by atoms with van der Waals surface area (Å²) in [4.78, 5) is 26.1. The number of nitrogens with two attached hydrogens (primary N) is 1. The molecule has 1 aliphatic heterocycles. The average Bonchev–Trinajstić information content (AvgIpc) is 3.03. The fourth-order valence-electron chi connectivity index (χ4n) is 2.80. The number of rotatable bonds is 6. The molecule has 1 saturated heterocycles. The lowest BCUT2D eigenvalue weighted by Crippen LogP contribution is -2.45. The van der Waals surface area contributed by atoms with Gasteiger partial charge in [-0.3, -0.25) is 15.0 Å². The molecule has 1 aromatic carbocycles. The van der Waals surface area contributed by atoms with E-state index in [1.807, 2.05) is 19.1 Å². The fraction of sp³-hybridized carbons (Fsp3) is 0.471. The molecule has 1 atom stereocenters. The SMILES string of the molecule is CCCC(=O)N1CCC[C@H]1C(=O)NCc1ccc(C(=N)N)cc1.Cl. The zero-order chi connectivity index (χ0) is 16.8. The molecule has 1 heterocycles. The molecule has 0 radical (unpaired) electrons. The van der Waals surface area contributed by atoms with Crippen LogP contribution < -0.4 is 11.1 Å². The number of nitrogens with one attached hydrogen (secondary N) is 2. The van der Waals surface area contributed by atoms with E-state index >= 15 is 0 Å². The van der Waals surface area contributed by atoms with Gasteiger partial charge in [-0.25, -0.2) is 0 Å². The summed E-state index contributed by atoms with van der Waals surface area (Å²) in [6.45, 7) is 3.04. The standard InChI is InChI=1S/C17H24N4O2.ClH/c1-2-4-15(22)21-10-3-5-14(21)17(23)20-11-12-6-8-13(9-7-12)16(18)19;/h6-9,14H,2-5,10-11H2,1H3,(H3,18,19)(H,20,23);1H/t14-;/m0./s1. The number of carbonyl (C=O) groups excluding carboxylic acids is 2. The molecular weight excluding hydrogens is 328 g/mol. The van der Waals surface area contributed by atoms with E-state index in [4.69, 9.17) is 11.1 Å². The van der Waals surface area contributed by atoms with Crippen LogP contribution in [0.15, 0.2) is 24.3 Å². The van der Waals surface area contributed by atoms with Crippen molar-refractivity contribution in [3.63, 3.8) is 0 Å². The van der Waals surface area contributed by atoms with Crippen LogP contribution in [-0.4, -0.2) is 35.1 Å². The van der Waals surface area contributed by atoms with Crippen LogP contribution >= 0.6 is 12.4 Å². The van der Waals surface area contributed by atoms with Gasteiger partial charge in [-0.1, -0.05) is 31.2 Å². The number of benzene rings is 1. The maximum Gasteiger partial charge on any atom is 0.243 e. The first-order chi connectivity index (χ1) is 11.0. The summed E-state index contributed by atoms with van der Waals surface area (Å²) in [5, 5.41) is 10.3. The number of nitrogen functional groups attached to an aromatic ring is 1. The van der Waals surface area contributed by atoms with Crippen molar-refractivity contribution in [3.8, 4) is 0 Å². The molecule has 24 heavy (non-hydrogen) atoms. The van der Waals surface area contributed by atoms with E-state index in [1.165, 1.54) is 0 Å².